The molecular weight excluding hydrogens is 548 g/mol. The molecule has 7 nitrogen and oxygen atoms in total. The summed E-state index contributed by atoms with van der Waals surface area (Å²) >= 11 is 0. The largest absolute Gasteiger partial charge is 0.417 e. The van der Waals surface area contributed by atoms with E-state index in [-0.39, 0.29) is 11.6 Å². The second kappa shape index (κ2) is 10.8. The molecule has 0 saturated heterocycles. The van der Waals surface area contributed by atoms with E-state index in [2.05, 4.69) is 20.6 Å². The highest BCUT2D eigenvalue weighted by atomic mass is 19.4. The molecule has 0 atom stereocenters. The first-order valence-electron chi connectivity index (χ1n) is 12.7. The summed E-state index contributed by atoms with van der Waals surface area (Å²) in [6.07, 6.45) is -1.34. The number of amides is 1. The molecular formula is C31H20F4N6O. The van der Waals surface area contributed by atoms with Crippen molar-refractivity contribution < 1.29 is 22.4 Å². The third-order valence-corrected chi connectivity index (χ3v) is 6.40. The van der Waals surface area contributed by atoms with Crippen LogP contribution < -0.4 is 10.6 Å². The number of halogens is 4. The van der Waals surface area contributed by atoms with Gasteiger partial charge in [-0.05, 0) is 60.7 Å². The zero-order valence-electron chi connectivity index (χ0n) is 21.6. The van der Waals surface area contributed by atoms with Crippen LogP contribution in [-0.4, -0.2) is 25.5 Å². The molecule has 0 spiro atoms. The Kier molecular flexibility index (Phi) is 6.83. The van der Waals surface area contributed by atoms with Gasteiger partial charge in [0.15, 0.2) is 0 Å². The average Bonchev–Trinajstić information content (AvgIpc) is 3.37. The Morgan fingerprint density at radius 3 is 2.45 bits per heavy atom. The summed E-state index contributed by atoms with van der Waals surface area (Å²) in [4.78, 5) is 21.8. The lowest BCUT2D eigenvalue weighted by Crippen LogP contribution is -2.18. The van der Waals surface area contributed by atoms with Crippen molar-refractivity contribution in [2.24, 2.45) is 0 Å². The lowest BCUT2D eigenvalue weighted by molar-refractivity contribution is -0.137. The van der Waals surface area contributed by atoms with E-state index in [1.165, 1.54) is 24.3 Å². The fourth-order valence-corrected chi connectivity index (χ4v) is 4.58. The van der Waals surface area contributed by atoms with Gasteiger partial charge in [-0.3, -0.25) is 4.79 Å². The van der Waals surface area contributed by atoms with Gasteiger partial charge in [-0.1, -0.05) is 36.4 Å². The number of rotatable bonds is 6. The van der Waals surface area contributed by atoms with Gasteiger partial charge in [0.05, 0.1) is 27.9 Å². The van der Waals surface area contributed by atoms with Gasteiger partial charge in [0.2, 0.25) is 5.95 Å². The first-order valence-corrected chi connectivity index (χ1v) is 12.7. The van der Waals surface area contributed by atoms with Crippen LogP contribution in [0, 0.1) is 5.82 Å². The molecule has 6 rings (SSSR count). The molecule has 3 aromatic heterocycles. The highest BCUT2D eigenvalue weighted by Gasteiger charge is 2.34. The van der Waals surface area contributed by atoms with Crippen molar-refractivity contribution in [2.75, 3.05) is 10.6 Å². The summed E-state index contributed by atoms with van der Waals surface area (Å²) in [5.74, 6) is -1.06. The van der Waals surface area contributed by atoms with Gasteiger partial charge in [0.25, 0.3) is 5.91 Å². The van der Waals surface area contributed by atoms with Crippen molar-refractivity contribution in [1.82, 2.24) is 19.6 Å². The van der Waals surface area contributed by atoms with Crippen LogP contribution in [0.5, 0.6) is 0 Å². The van der Waals surface area contributed by atoms with Crippen LogP contribution >= 0.6 is 0 Å². The number of fused-ring (bicyclic) bond motifs is 1. The summed E-state index contributed by atoms with van der Waals surface area (Å²) in [5.41, 5.74) is 2.28. The molecule has 208 valence electrons. The summed E-state index contributed by atoms with van der Waals surface area (Å²) in [6.45, 7) is 0. The monoisotopic (exact) mass is 568 g/mol. The van der Waals surface area contributed by atoms with E-state index in [1.54, 1.807) is 59.4 Å². The minimum atomic E-state index is -4.68. The van der Waals surface area contributed by atoms with Gasteiger partial charge in [-0.2, -0.15) is 18.3 Å². The second-order valence-corrected chi connectivity index (χ2v) is 9.23. The first kappa shape index (κ1) is 26.6. The fraction of sp³-hybridized carbons (Fsp3) is 0.0323. The van der Waals surface area contributed by atoms with Gasteiger partial charge >= 0.3 is 6.18 Å². The number of hydrogen-bond donors (Lipinski definition) is 2. The number of pyridine rings is 1. The average molecular weight is 569 g/mol. The molecule has 0 fully saturated rings. The third kappa shape index (κ3) is 5.39. The lowest BCUT2D eigenvalue weighted by Gasteiger charge is -2.13. The van der Waals surface area contributed by atoms with E-state index >= 15 is 0 Å². The molecule has 0 aliphatic heterocycles. The van der Waals surface area contributed by atoms with E-state index in [4.69, 9.17) is 5.10 Å². The molecule has 2 N–H and O–H groups in total. The van der Waals surface area contributed by atoms with Gasteiger partial charge in [-0.25, -0.2) is 18.9 Å². The number of carbonyl (C=O) groups excluding carboxylic acids is 1. The van der Waals surface area contributed by atoms with Gasteiger partial charge in [0.1, 0.15) is 11.5 Å². The predicted molar refractivity (Wildman–Crippen MR) is 151 cm³/mol. The smallest absolute Gasteiger partial charge is 0.324 e. The Labute approximate surface area is 236 Å². The molecule has 11 heteroatoms. The number of nitrogens with one attached hydrogen (secondary N) is 2. The molecule has 0 unspecified atom stereocenters. The maximum Gasteiger partial charge on any atom is 0.417 e. The molecule has 0 radical (unpaired) electrons. The number of aromatic nitrogens is 4. The second-order valence-electron chi connectivity index (χ2n) is 9.23. The van der Waals surface area contributed by atoms with Crippen molar-refractivity contribution in [3.63, 3.8) is 0 Å². The predicted octanol–water partition coefficient (Wildman–Crippen LogP) is 7.61. The third-order valence-electron chi connectivity index (χ3n) is 6.40. The molecule has 1 amide bonds. The number of nitrogens with zero attached hydrogens (tertiary/aromatic N) is 4. The SMILES string of the molecule is O=C(Nc1cccc(-c2nn3ccccc3c2-c2ccnc(Nc3cccc(F)c3)n2)c1)c1ccccc1C(F)(F)F. The minimum absolute atomic E-state index is 0.240. The molecule has 0 aliphatic carbocycles. The number of alkyl halides is 3. The Hall–Kier alpha value is -5.58. The van der Waals surface area contributed by atoms with E-state index < -0.39 is 29.0 Å². The van der Waals surface area contributed by atoms with E-state index in [9.17, 15) is 22.4 Å². The van der Waals surface area contributed by atoms with Crippen LogP contribution in [0.4, 0.5) is 34.9 Å². The molecule has 0 bridgehead atoms. The Bertz CT molecular complexity index is 1940. The molecule has 3 aromatic carbocycles. The van der Waals surface area contributed by atoms with Gasteiger partial charge in [-0.15, -0.1) is 0 Å². The van der Waals surface area contributed by atoms with Crippen LogP contribution in [-0.2, 0) is 6.18 Å². The topological polar surface area (TPSA) is 84.2 Å². The molecule has 0 aliphatic rings. The quantitative estimate of drug-likeness (QED) is 0.202. The highest BCUT2D eigenvalue weighted by Crippen LogP contribution is 2.36. The maximum atomic E-state index is 13.7. The van der Waals surface area contributed by atoms with Crippen molar-refractivity contribution in [3.05, 3.63) is 126 Å². The number of hydrogen-bond acceptors (Lipinski definition) is 5. The number of carbonyl (C=O) groups is 1. The van der Waals surface area contributed by atoms with Crippen molar-refractivity contribution in [1.29, 1.82) is 0 Å². The summed E-state index contributed by atoms with van der Waals surface area (Å²) < 4.78 is 55.8. The van der Waals surface area contributed by atoms with Crippen LogP contribution in [0.15, 0.2) is 109 Å². The Balaban J connectivity index is 1.38. The molecule has 3 heterocycles. The number of anilines is 3. The van der Waals surface area contributed by atoms with Crippen molar-refractivity contribution >= 4 is 28.7 Å². The summed E-state index contributed by atoms with van der Waals surface area (Å²) in [5, 5.41) is 10.3. The van der Waals surface area contributed by atoms with Crippen LogP contribution in [0.2, 0.25) is 0 Å². The van der Waals surface area contributed by atoms with Crippen molar-refractivity contribution in [3.8, 4) is 22.5 Å². The van der Waals surface area contributed by atoms with E-state index in [0.29, 0.717) is 28.2 Å². The minimum Gasteiger partial charge on any atom is -0.324 e. The normalized spacial score (nSPS) is 11.4. The van der Waals surface area contributed by atoms with E-state index in [0.717, 1.165) is 17.6 Å². The molecule has 6 aromatic rings. The zero-order chi connectivity index (χ0) is 29.3. The van der Waals surface area contributed by atoms with Crippen LogP contribution in [0.25, 0.3) is 28.0 Å². The van der Waals surface area contributed by atoms with Crippen molar-refractivity contribution in [2.45, 2.75) is 6.18 Å². The van der Waals surface area contributed by atoms with Gasteiger partial charge in [0, 0.05) is 29.3 Å². The van der Waals surface area contributed by atoms with E-state index in [1.807, 2.05) is 18.2 Å². The van der Waals surface area contributed by atoms with Crippen LogP contribution in [0.3, 0.4) is 0 Å². The summed E-state index contributed by atoms with van der Waals surface area (Å²) in [6, 6.07) is 24.4. The van der Waals surface area contributed by atoms with Crippen LogP contribution in [0.1, 0.15) is 15.9 Å². The number of benzene rings is 3. The Morgan fingerprint density at radius 2 is 1.62 bits per heavy atom. The Morgan fingerprint density at radius 1 is 0.833 bits per heavy atom. The first-order chi connectivity index (χ1) is 20.3. The fourth-order valence-electron chi connectivity index (χ4n) is 4.58. The molecule has 0 saturated carbocycles. The summed E-state index contributed by atoms with van der Waals surface area (Å²) in [7, 11) is 0. The standard InChI is InChI=1S/C31H20F4N6O/c32-20-8-6-10-22(18-20)38-30-36-15-14-25(39-30)27-26-13-3-4-16-41(26)40-28(27)19-7-5-9-21(17-19)37-29(42)23-11-1-2-12-24(23)31(33,34)35/h1-18H,(H,37,42)(H,36,38,39). The maximum absolute atomic E-state index is 13.7. The zero-order valence-corrected chi connectivity index (χ0v) is 21.6. The highest BCUT2D eigenvalue weighted by molar-refractivity contribution is 6.06. The lowest BCUT2D eigenvalue weighted by atomic mass is 10.0. The molecule has 42 heavy (non-hydrogen) atoms. The van der Waals surface area contributed by atoms with Gasteiger partial charge < -0.3 is 10.6 Å².